The maximum Gasteiger partial charge on any atom is 0.250 e. The van der Waals surface area contributed by atoms with Gasteiger partial charge in [-0.05, 0) is 30.7 Å². The first-order valence-electron chi connectivity index (χ1n) is 9.79. The monoisotopic (exact) mass is 409 g/mol. The molecule has 8 nitrogen and oxygen atoms in total. The van der Waals surface area contributed by atoms with Gasteiger partial charge in [0.25, 0.3) is 5.56 Å². The van der Waals surface area contributed by atoms with Crippen molar-refractivity contribution in [2.75, 3.05) is 25.2 Å². The van der Waals surface area contributed by atoms with Gasteiger partial charge in [-0.1, -0.05) is 0 Å². The molecular weight excluding hydrogens is 386 g/mol. The Kier molecular flexibility index (Phi) is 5.67. The average Bonchev–Trinajstić information content (AvgIpc) is 3.15. The molecule has 1 aliphatic heterocycles. The van der Waals surface area contributed by atoms with Gasteiger partial charge >= 0.3 is 0 Å². The number of aliphatic hydroxyl groups is 1. The van der Waals surface area contributed by atoms with Crippen LogP contribution in [0.5, 0.6) is 11.5 Å². The van der Waals surface area contributed by atoms with Crippen molar-refractivity contribution in [3.63, 3.8) is 0 Å². The van der Waals surface area contributed by atoms with E-state index in [1.54, 1.807) is 36.5 Å². The van der Waals surface area contributed by atoms with Crippen LogP contribution in [0.1, 0.15) is 12.8 Å². The topological polar surface area (TPSA) is 93.9 Å². The fourth-order valence-corrected chi connectivity index (χ4v) is 3.72. The van der Waals surface area contributed by atoms with Crippen molar-refractivity contribution >= 4 is 22.5 Å². The molecule has 1 N–H and O–H groups in total. The summed E-state index contributed by atoms with van der Waals surface area (Å²) in [5, 5.41) is 10.4. The van der Waals surface area contributed by atoms with E-state index in [-0.39, 0.29) is 30.7 Å². The Bertz CT molecular complexity index is 1130. The molecule has 1 aliphatic rings. The molecule has 0 bridgehead atoms. The number of methoxy groups -OCH3 is 1. The van der Waals surface area contributed by atoms with Gasteiger partial charge in [0.2, 0.25) is 5.91 Å². The van der Waals surface area contributed by atoms with Crippen LogP contribution >= 0.6 is 0 Å². The molecular formula is C22H23N3O5. The number of pyridine rings is 2. The Morgan fingerprint density at radius 3 is 2.87 bits per heavy atom. The van der Waals surface area contributed by atoms with Crippen molar-refractivity contribution in [2.45, 2.75) is 25.4 Å². The first-order chi connectivity index (χ1) is 14.6. The van der Waals surface area contributed by atoms with Crippen molar-refractivity contribution in [3.05, 3.63) is 59.1 Å². The van der Waals surface area contributed by atoms with Crippen molar-refractivity contribution in [3.8, 4) is 11.5 Å². The van der Waals surface area contributed by atoms with Gasteiger partial charge in [0.05, 0.1) is 37.5 Å². The minimum absolute atomic E-state index is 0.0471. The second-order valence-electron chi connectivity index (χ2n) is 7.10. The third kappa shape index (κ3) is 3.86. The van der Waals surface area contributed by atoms with Crippen LogP contribution in [-0.4, -0.2) is 46.9 Å². The average molecular weight is 409 g/mol. The summed E-state index contributed by atoms with van der Waals surface area (Å²) in [4.78, 5) is 30.4. The summed E-state index contributed by atoms with van der Waals surface area (Å²) in [5.74, 6) is 1.34. The van der Waals surface area contributed by atoms with E-state index < -0.39 is 0 Å². The van der Waals surface area contributed by atoms with Crippen LogP contribution < -0.4 is 19.9 Å². The van der Waals surface area contributed by atoms with Crippen LogP contribution in [-0.2, 0) is 11.3 Å². The van der Waals surface area contributed by atoms with Gasteiger partial charge in [0.1, 0.15) is 18.1 Å². The van der Waals surface area contributed by atoms with Crippen LogP contribution in [0.25, 0.3) is 10.9 Å². The molecule has 1 amide bonds. The predicted octanol–water partition coefficient (Wildman–Crippen LogP) is 1.97. The molecule has 0 saturated carbocycles. The minimum Gasteiger partial charge on any atom is -0.497 e. The van der Waals surface area contributed by atoms with E-state index in [2.05, 4.69) is 4.98 Å². The molecule has 1 saturated heterocycles. The molecule has 1 aromatic carbocycles. The van der Waals surface area contributed by atoms with Gasteiger partial charge in [-0.2, -0.15) is 0 Å². The summed E-state index contributed by atoms with van der Waals surface area (Å²) < 4.78 is 12.7. The molecule has 0 unspecified atom stereocenters. The standard InChI is InChI=1S/C22H23N3O5/c1-29-17-4-5-18-19(12-17)23-9-8-20(18)30-11-10-24-13-15(2-6-21(24)27)25-16(14-26)3-7-22(25)28/h2,4-6,8-9,12-13,16,26H,3,7,10-11,14H2,1H3/t16-/m0/s1. The van der Waals surface area contributed by atoms with Crippen LogP contribution in [0.15, 0.2) is 53.6 Å². The second kappa shape index (κ2) is 8.54. The summed E-state index contributed by atoms with van der Waals surface area (Å²) in [6.45, 7) is 0.484. The summed E-state index contributed by atoms with van der Waals surface area (Å²) in [6, 6.07) is 10.1. The Labute approximate surface area is 173 Å². The Morgan fingerprint density at radius 1 is 1.20 bits per heavy atom. The quantitative estimate of drug-likeness (QED) is 0.641. The number of nitrogens with zero attached hydrogens (tertiary/aromatic N) is 3. The van der Waals surface area contributed by atoms with Crippen LogP contribution in [0.2, 0.25) is 0 Å². The van der Waals surface area contributed by atoms with E-state index in [4.69, 9.17) is 9.47 Å². The molecule has 1 fully saturated rings. The highest BCUT2D eigenvalue weighted by Crippen LogP contribution is 2.27. The van der Waals surface area contributed by atoms with E-state index in [0.29, 0.717) is 36.6 Å². The Hall–Kier alpha value is -3.39. The zero-order valence-corrected chi connectivity index (χ0v) is 16.7. The molecule has 4 rings (SSSR count). The minimum atomic E-state index is -0.250. The van der Waals surface area contributed by atoms with E-state index in [0.717, 1.165) is 10.9 Å². The van der Waals surface area contributed by atoms with Crippen molar-refractivity contribution in [2.24, 2.45) is 0 Å². The van der Waals surface area contributed by atoms with Crippen LogP contribution in [0.4, 0.5) is 5.69 Å². The van der Waals surface area contributed by atoms with Crippen molar-refractivity contribution in [1.82, 2.24) is 9.55 Å². The third-order valence-corrected chi connectivity index (χ3v) is 5.28. The van der Waals surface area contributed by atoms with Crippen molar-refractivity contribution in [1.29, 1.82) is 0 Å². The van der Waals surface area contributed by atoms with Gasteiger partial charge in [0.15, 0.2) is 0 Å². The number of hydrogen-bond acceptors (Lipinski definition) is 6. The van der Waals surface area contributed by atoms with E-state index >= 15 is 0 Å². The number of hydrogen-bond donors (Lipinski definition) is 1. The molecule has 30 heavy (non-hydrogen) atoms. The molecule has 2 aromatic heterocycles. The molecule has 0 radical (unpaired) electrons. The summed E-state index contributed by atoms with van der Waals surface area (Å²) in [5.41, 5.74) is 1.19. The van der Waals surface area contributed by atoms with Gasteiger partial charge in [-0.15, -0.1) is 0 Å². The zero-order chi connectivity index (χ0) is 21.1. The second-order valence-corrected chi connectivity index (χ2v) is 7.10. The number of carbonyl (C=O) groups excluding carboxylic acids is 1. The number of ether oxygens (including phenoxy) is 2. The summed E-state index contributed by atoms with van der Waals surface area (Å²) in [6.07, 6.45) is 4.32. The molecule has 3 aromatic rings. The lowest BCUT2D eigenvalue weighted by atomic mass is 10.2. The fraction of sp³-hybridized carbons (Fsp3) is 0.318. The number of benzene rings is 1. The SMILES string of the molecule is COc1ccc2c(OCCn3cc(N4C(=O)CC[C@H]4CO)ccc3=O)ccnc2c1. The smallest absolute Gasteiger partial charge is 0.250 e. The lowest BCUT2D eigenvalue weighted by Crippen LogP contribution is -2.36. The van der Waals surface area contributed by atoms with Crippen molar-refractivity contribution < 1.29 is 19.4 Å². The maximum absolute atomic E-state index is 12.3. The van der Waals surface area contributed by atoms with Gasteiger partial charge in [0, 0.05) is 36.3 Å². The lowest BCUT2D eigenvalue weighted by molar-refractivity contribution is -0.117. The molecule has 0 spiro atoms. The zero-order valence-electron chi connectivity index (χ0n) is 16.7. The van der Waals surface area contributed by atoms with Crippen LogP contribution in [0.3, 0.4) is 0 Å². The highest BCUT2D eigenvalue weighted by molar-refractivity contribution is 5.96. The Morgan fingerprint density at radius 2 is 2.07 bits per heavy atom. The molecule has 8 heteroatoms. The number of carbonyl (C=O) groups is 1. The van der Waals surface area contributed by atoms with Gasteiger partial charge in [-0.25, -0.2) is 0 Å². The normalized spacial score (nSPS) is 16.3. The highest BCUT2D eigenvalue weighted by atomic mass is 16.5. The first-order valence-corrected chi connectivity index (χ1v) is 9.79. The number of fused-ring (bicyclic) bond motifs is 1. The third-order valence-electron chi connectivity index (χ3n) is 5.28. The molecule has 1 atom stereocenters. The van der Waals surface area contributed by atoms with Gasteiger partial charge in [-0.3, -0.25) is 14.6 Å². The van der Waals surface area contributed by atoms with E-state index in [9.17, 15) is 14.7 Å². The lowest BCUT2D eigenvalue weighted by Gasteiger charge is -2.23. The number of aliphatic hydroxyl groups excluding tert-OH is 1. The Balaban J connectivity index is 1.50. The number of amides is 1. The summed E-state index contributed by atoms with van der Waals surface area (Å²) in [7, 11) is 1.60. The van der Waals surface area contributed by atoms with Crippen LogP contribution in [0, 0.1) is 0 Å². The van der Waals surface area contributed by atoms with E-state index in [1.807, 2.05) is 18.2 Å². The predicted molar refractivity (Wildman–Crippen MR) is 112 cm³/mol. The molecule has 3 heterocycles. The maximum atomic E-state index is 12.3. The highest BCUT2D eigenvalue weighted by Gasteiger charge is 2.31. The van der Waals surface area contributed by atoms with E-state index in [1.165, 1.54) is 10.6 Å². The first kappa shape index (κ1) is 19.9. The largest absolute Gasteiger partial charge is 0.497 e. The number of anilines is 1. The number of rotatable bonds is 7. The summed E-state index contributed by atoms with van der Waals surface area (Å²) >= 11 is 0. The molecule has 156 valence electrons. The fourth-order valence-electron chi connectivity index (χ4n) is 3.72. The van der Waals surface area contributed by atoms with Gasteiger partial charge < -0.3 is 24.0 Å². The number of aromatic nitrogens is 2. The molecule has 0 aliphatic carbocycles.